The molecule has 0 aromatic heterocycles. The van der Waals surface area contributed by atoms with E-state index >= 15 is 0 Å². The van der Waals surface area contributed by atoms with E-state index in [1.54, 1.807) is 7.11 Å². The monoisotopic (exact) mass is 232 g/mol. The van der Waals surface area contributed by atoms with Gasteiger partial charge in [-0.3, -0.25) is 4.79 Å². The molecule has 0 aliphatic rings. The van der Waals surface area contributed by atoms with Crippen molar-refractivity contribution in [3.8, 4) is 0 Å². The Bertz CT molecular complexity index is 184. The first-order valence-electron chi connectivity index (χ1n) is 5.66. The van der Waals surface area contributed by atoms with Crippen LogP contribution in [0.1, 0.15) is 27.2 Å². The van der Waals surface area contributed by atoms with Gasteiger partial charge < -0.3 is 14.2 Å². The molecule has 0 rings (SSSR count). The standard InChI is InChI=1S/C12H24O4/c1-12(2,3)11(13)10-16-9-8-15-7-5-6-14-4/h5-10H2,1-4H3. The first-order chi connectivity index (χ1) is 7.48. The maximum absolute atomic E-state index is 11.5. The SMILES string of the molecule is COCCCOCCOCC(=O)C(C)(C)C. The summed E-state index contributed by atoms with van der Waals surface area (Å²) in [6.07, 6.45) is 0.886. The average Bonchev–Trinajstić information content (AvgIpc) is 2.20. The van der Waals surface area contributed by atoms with Gasteiger partial charge in [0, 0.05) is 25.7 Å². The van der Waals surface area contributed by atoms with Crippen molar-refractivity contribution in [2.45, 2.75) is 27.2 Å². The minimum Gasteiger partial charge on any atom is -0.385 e. The molecule has 0 heterocycles. The van der Waals surface area contributed by atoms with Crippen LogP contribution in [-0.2, 0) is 19.0 Å². The summed E-state index contributed by atoms with van der Waals surface area (Å²) in [5.41, 5.74) is -0.320. The molecule has 16 heavy (non-hydrogen) atoms. The summed E-state index contributed by atoms with van der Waals surface area (Å²) in [5, 5.41) is 0. The quantitative estimate of drug-likeness (QED) is 0.567. The van der Waals surface area contributed by atoms with Gasteiger partial charge in [-0.05, 0) is 6.42 Å². The maximum Gasteiger partial charge on any atom is 0.163 e. The third kappa shape index (κ3) is 8.83. The molecule has 0 fully saturated rings. The molecule has 96 valence electrons. The van der Waals surface area contributed by atoms with Crippen LogP contribution in [0.2, 0.25) is 0 Å². The Balaban J connectivity index is 3.25. The molecule has 4 nitrogen and oxygen atoms in total. The number of carbonyl (C=O) groups is 1. The Hall–Kier alpha value is -0.450. The van der Waals surface area contributed by atoms with E-state index in [9.17, 15) is 4.79 Å². The number of hydrogen-bond acceptors (Lipinski definition) is 4. The third-order valence-electron chi connectivity index (χ3n) is 2.08. The van der Waals surface area contributed by atoms with Crippen LogP contribution in [0.25, 0.3) is 0 Å². The molecule has 0 spiro atoms. The summed E-state index contributed by atoms with van der Waals surface area (Å²) >= 11 is 0. The minimum atomic E-state index is -0.320. The van der Waals surface area contributed by atoms with E-state index < -0.39 is 0 Å². The van der Waals surface area contributed by atoms with Crippen LogP contribution < -0.4 is 0 Å². The lowest BCUT2D eigenvalue weighted by atomic mass is 9.91. The van der Waals surface area contributed by atoms with Gasteiger partial charge >= 0.3 is 0 Å². The molecule has 0 aromatic rings. The number of Topliss-reactive ketones (excluding diaryl/α,β-unsaturated/α-hetero) is 1. The largest absolute Gasteiger partial charge is 0.385 e. The van der Waals surface area contributed by atoms with Crippen LogP contribution in [0.3, 0.4) is 0 Å². The normalized spacial score (nSPS) is 11.8. The smallest absolute Gasteiger partial charge is 0.163 e. The number of carbonyl (C=O) groups excluding carboxylic acids is 1. The summed E-state index contributed by atoms with van der Waals surface area (Å²) in [7, 11) is 1.67. The van der Waals surface area contributed by atoms with Crippen LogP contribution in [-0.4, -0.2) is 45.9 Å². The van der Waals surface area contributed by atoms with Crippen LogP contribution in [0.5, 0.6) is 0 Å². The number of hydrogen-bond donors (Lipinski definition) is 0. The Morgan fingerprint density at radius 1 is 1.00 bits per heavy atom. The van der Waals surface area contributed by atoms with Crippen LogP contribution >= 0.6 is 0 Å². The Kier molecular flexibility index (Phi) is 8.43. The first-order valence-corrected chi connectivity index (χ1v) is 5.66. The fourth-order valence-corrected chi connectivity index (χ4v) is 0.907. The third-order valence-corrected chi connectivity index (χ3v) is 2.08. The number of ether oxygens (including phenoxy) is 3. The van der Waals surface area contributed by atoms with E-state index in [0.29, 0.717) is 26.4 Å². The lowest BCUT2D eigenvalue weighted by molar-refractivity contribution is -0.131. The summed E-state index contributed by atoms with van der Waals surface area (Å²) < 4.78 is 15.4. The highest BCUT2D eigenvalue weighted by molar-refractivity contribution is 5.84. The van der Waals surface area contributed by atoms with Gasteiger partial charge in [0.2, 0.25) is 0 Å². The van der Waals surface area contributed by atoms with Gasteiger partial charge in [-0.25, -0.2) is 0 Å². The highest BCUT2D eigenvalue weighted by Crippen LogP contribution is 2.14. The van der Waals surface area contributed by atoms with Crippen molar-refractivity contribution >= 4 is 5.78 Å². The zero-order valence-electron chi connectivity index (χ0n) is 10.9. The zero-order chi connectivity index (χ0) is 12.4. The Labute approximate surface area is 98.3 Å². The fourth-order valence-electron chi connectivity index (χ4n) is 0.907. The van der Waals surface area contributed by atoms with E-state index in [1.807, 2.05) is 20.8 Å². The van der Waals surface area contributed by atoms with Crippen molar-refractivity contribution in [3.05, 3.63) is 0 Å². The Morgan fingerprint density at radius 3 is 2.19 bits per heavy atom. The van der Waals surface area contributed by atoms with Crippen molar-refractivity contribution in [2.75, 3.05) is 40.1 Å². The van der Waals surface area contributed by atoms with Crippen LogP contribution in [0.4, 0.5) is 0 Å². The lowest BCUT2D eigenvalue weighted by Gasteiger charge is -2.16. The summed E-state index contributed by atoms with van der Waals surface area (Å²) in [5.74, 6) is 0.117. The molecule has 0 aromatic carbocycles. The van der Waals surface area contributed by atoms with E-state index in [2.05, 4.69) is 0 Å². The van der Waals surface area contributed by atoms with Gasteiger partial charge in [-0.1, -0.05) is 20.8 Å². The summed E-state index contributed by atoms with van der Waals surface area (Å²) in [4.78, 5) is 11.5. The molecule has 0 atom stereocenters. The predicted molar refractivity (Wildman–Crippen MR) is 62.6 cm³/mol. The fraction of sp³-hybridized carbons (Fsp3) is 0.917. The molecular weight excluding hydrogens is 208 g/mol. The molecule has 0 unspecified atom stereocenters. The molecule has 0 aliphatic carbocycles. The number of methoxy groups -OCH3 is 1. The molecule has 0 N–H and O–H groups in total. The van der Waals surface area contributed by atoms with Gasteiger partial charge in [-0.15, -0.1) is 0 Å². The first kappa shape index (κ1) is 15.6. The second-order valence-electron chi connectivity index (χ2n) is 4.68. The molecule has 0 saturated carbocycles. The van der Waals surface area contributed by atoms with Crippen molar-refractivity contribution in [1.82, 2.24) is 0 Å². The molecule has 0 radical (unpaired) electrons. The van der Waals surface area contributed by atoms with E-state index in [-0.39, 0.29) is 17.8 Å². The van der Waals surface area contributed by atoms with E-state index in [4.69, 9.17) is 14.2 Å². The lowest BCUT2D eigenvalue weighted by Crippen LogP contribution is -2.25. The minimum absolute atomic E-state index is 0.117. The van der Waals surface area contributed by atoms with Crippen molar-refractivity contribution in [2.24, 2.45) is 5.41 Å². The van der Waals surface area contributed by atoms with Gasteiger partial charge in [0.05, 0.1) is 13.2 Å². The number of rotatable bonds is 9. The van der Waals surface area contributed by atoms with Gasteiger partial charge in [0.1, 0.15) is 6.61 Å². The molecule has 4 heteroatoms. The number of ketones is 1. The summed E-state index contributed by atoms with van der Waals surface area (Å²) in [6, 6.07) is 0. The molecular formula is C12H24O4. The van der Waals surface area contributed by atoms with Crippen LogP contribution in [0.15, 0.2) is 0 Å². The van der Waals surface area contributed by atoms with Gasteiger partial charge in [0.25, 0.3) is 0 Å². The highest BCUT2D eigenvalue weighted by Gasteiger charge is 2.20. The second kappa shape index (κ2) is 8.67. The highest BCUT2D eigenvalue weighted by atomic mass is 16.5. The van der Waals surface area contributed by atoms with Crippen molar-refractivity contribution in [1.29, 1.82) is 0 Å². The second-order valence-corrected chi connectivity index (χ2v) is 4.68. The predicted octanol–water partition coefficient (Wildman–Crippen LogP) is 1.67. The maximum atomic E-state index is 11.5. The van der Waals surface area contributed by atoms with E-state index in [1.165, 1.54) is 0 Å². The van der Waals surface area contributed by atoms with E-state index in [0.717, 1.165) is 6.42 Å². The molecule has 0 bridgehead atoms. The summed E-state index contributed by atoms with van der Waals surface area (Å²) in [6.45, 7) is 8.22. The average molecular weight is 232 g/mol. The van der Waals surface area contributed by atoms with Crippen molar-refractivity contribution < 1.29 is 19.0 Å². The van der Waals surface area contributed by atoms with Crippen LogP contribution in [0, 0.1) is 5.41 Å². The molecule has 0 amide bonds. The zero-order valence-corrected chi connectivity index (χ0v) is 10.9. The van der Waals surface area contributed by atoms with Gasteiger partial charge in [0.15, 0.2) is 5.78 Å². The Morgan fingerprint density at radius 2 is 1.62 bits per heavy atom. The van der Waals surface area contributed by atoms with Gasteiger partial charge in [-0.2, -0.15) is 0 Å². The topological polar surface area (TPSA) is 44.8 Å². The van der Waals surface area contributed by atoms with Crippen molar-refractivity contribution in [3.63, 3.8) is 0 Å². The molecule has 0 aliphatic heterocycles. The molecule has 0 saturated heterocycles.